The first-order valence-electron chi connectivity index (χ1n) is 6.89. The Labute approximate surface area is 138 Å². The number of ether oxygens (including phenoxy) is 2. The molecular formula is C17H14NO4S-. The Balaban J connectivity index is 2.23. The smallest absolute Gasteiger partial charge is 0.161 e. The Kier molecular flexibility index (Phi) is 5.78. The molecule has 0 aliphatic carbocycles. The van der Waals surface area contributed by atoms with Gasteiger partial charge in [-0.15, -0.1) is 11.3 Å². The maximum atomic E-state index is 10.8. The molecule has 1 aromatic heterocycles. The topological polar surface area (TPSA) is 82.4 Å². The highest BCUT2D eigenvalue weighted by atomic mass is 32.1. The molecule has 23 heavy (non-hydrogen) atoms. The summed E-state index contributed by atoms with van der Waals surface area (Å²) >= 11 is 1.60. The highest BCUT2D eigenvalue weighted by Crippen LogP contribution is 2.30. The van der Waals surface area contributed by atoms with E-state index in [0.717, 1.165) is 4.88 Å². The highest BCUT2D eigenvalue weighted by molar-refractivity contribution is 7.09. The SMILES string of the molecule is CCOc1cc(/C=C(\C#N)C(=O)[O-])ccc1OCc1cccs1. The van der Waals surface area contributed by atoms with Gasteiger partial charge in [-0.05, 0) is 42.1 Å². The number of hydrogen-bond donors (Lipinski definition) is 0. The fourth-order valence-corrected chi connectivity index (χ4v) is 2.47. The summed E-state index contributed by atoms with van der Waals surface area (Å²) in [7, 11) is 0. The molecule has 2 aromatic rings. The van der Waals surface area contributed by atoms with Gasteiger partial charge in [0.05, 0.1) is 18.1 Å². The number of carbonyl (C=O) groups is 1. The summed E-state index contributed by atoms with van der Waals surface area (Å²) in [4.78, 5) is 11.9. The van der Waals surface area contributed by atoms with E-state index in [-0.39, 0.29) is 0 Å². The lowest BCUT2D eigenvalue weighted by Crippen LogP contribution is -2.23. The number of nitrogens with zero attached hydrogens (tertiary/aromatic N) is 1. The summed E-state index contributed by atoms with van der Waals surface area (Å²) in [6.07, 6.45) is 1.24. The van der Waals surface area contributed by atoms with E-state index >= 15 is 0 Å². The van der Waals surface area contributed by atoms with Gasteiger partial charge in [0.1, 0.15) is 12.7 Å². The van der Waals surface area contributed by atoms with Crippen molar-refractivity contribution in [1.29, 1.82) is 5.26 Å². The van der Waals surface area contributed by atoms with Crippen molar-refractivity contribution < 1.29 is 19.4 Å². The summed E-state index contributed by atoms with van der Waals surface area (Å²) in [5.41, 5.74) is 0.0809. The minimum absolute atomic E-state index is 0.426. The van der Waals surface area contributed by atoms with Crippen LogP contribution in [0.3, 0.4) is 0 Å². The predicted octanol–water partition coefficient (Wildman–Crippen LogP) is 2.38. The van der Waals surface area contributed by atoms with Gasteiger partial charge in [0.15, 0.2) is 11.5 Å². The van der Waals surface area contributed by atoms with Crippen LogP contribution in [0.1, 0.15) is 17.4 Å². The molecule has 0 saturated carbocycles. The van der Waals surface area contributed by atoms with Crippen LogP contribution in [0, 0.1) is 11.3 Å². The first kappa shape index (κ1) is 16.6. The lowest BCUT2D eigenvalue weighted by Gasteiger charge is -2.12. The number of carboxylic acid groups (broad SMARTS) is 1. The lowest BCUT2D eigenvalue weighted by atomic mass is 10.1. The largest absolute Gasteiger partial charge is 0.544 e. The van der Waals surface area contributed by atoms with Crippen molar-refractivity contribution >= 4 is 23.4 Å². The number of aliphatic carboxylic acids is 1. The Hall–Kier alpha value is -2.78. The molecule has 118 valence electrons. The molecule has 1 heterocycles. The molecule has 0 amide bonds. The van der Waals surface area contributed by atoms with E-state index in [1.807, 2.05) is 24.4 Å². The molecule has 0 bridgehead atoms. The Morgan fingerprint density at radius 2 is 2.17 bits per heavy atom. The van der Waals surface area contributed by atoms with Gasteiger partial charge in [-0.2, -0.15) is 5.26 Å². The van der Waals surface area contributed by atoms with Gasteiger partial charge in [0.25, 0.3) is 0 Å². The van der Waals surface area contributed by atoms with Crippen LogP contribution < -0.4 is 14.6 Å². The van der Waals surface area contributed by atoms with Gasteiger partial charge in [-0.3, -0.25) is 0 Å². The van der Waals surface area contributed by atoms with Crippen molar-refractivity contribution in [3.63, 3.8) is 0 Å². The summed E-state index contributed by atoms with van der Waals surface area (Å²) in [6.45, 7) is 2.71. The second-order valence-electron chi connectivity index (χ2n) is 4.46. The summed E-state index contributed by atoms with van der Waals surface area (Å²) < 4.78 is 11.3. The Morgan fingerprint density at radius 3 is 2.78 bits per heavy atom. The average Bonchev–Trinajstić information content (AvgIpc) is 3.05. The van der Waals surface area contributed by atoms with Crippen LogP contribution in [-0.2, 0) is 11.4 Å². The third kappa shape index (κ3) is 4.59. The number of nitriles is 1. The molecule has 1 aromatic carbocycles. The molecule has 0 radical (unpaired) electrons. The lowest BCUT2D eigenvalue weighted by molar-refractivity contribution is -0.298. The molecule has 0 saturated heterocycles. The Morgan fingerprint density at radius 1 is 1.35 bits per heavy atom. The second kappa shape index (κ2) is 8.01. The number of thiophene rings is 1. The van der Waals surface area contributed by atoms with E-state index in [0.29, 0.717) is 30.3 Å². The van der Waals surface area contributed by atoms with Gasteiger partial charge in [0, 0.05) is 4.88 Å². The molecule has 0 unspecified atom stereocenters. The molecule has 0 aliphatic heterocycles. The van der Waals surface area contributed by atoms with Gasteiger partial charge in [-0.25, -0.2) is 0 Å². The van der Waals surface area contributed by atoms with Crippen molar-refractivity contribution in [2.75, 3.05) is 6.61 Å². The van der Waals surface area contributed by atoms with E-state index in [1.54, 1.807) is 35.6 Å². The number of rotatable bonds is 7. The normalized spacial score (nSPS) is 10.9. The van der Waals surface area contributed by atoms with E-state index in [1.165, 1.54) is 6.08 Å². The monoisotopic (exact) mass is 328 g/mol. The standard InChI is InChI=1S/C17H15NO4S/c1-2-21-16-9-12(8-13(10-18)17(19)20)5-6-15(16)22-11-14-4-3-7-23-14/h3-9H,2,11H2,1H3,(H,19,20)/p-1/b13-8+. The van der Waals surface area contributed by atoms with Crippen molar-refractivity contribution in [2.45, 2.75) is 13.5 Å². The number of carboxylic acids is 1. The van der Waals surface area contributed by atoms with Gasteiger partial charge >= 0.3 is 0 Å². The molecule has 6 heteroatoms. The fraction of sp³-hybridized carbons (Fsp3) is 0.176. The Bertz CT molecular complexity index is 744. The quantitative estimate of drug-likeness (QED) is 0.576. The average molecular weight is 328 g/mol. The third-order valence-electron chi connectivity index (χ3n) is 2.87. The highest BCUT2D eigenvalue weighted by Gasteiger charge is 2.07. The zero-order valence-electron chi connectivity index (χ0n) is 12.4. The molecule has 0 atom stereocenters. The van der Waals surface area contributed by atoms with Crippen LogP contribution in [0.4, 0.5) is 0 Å². The van der Waals surface area contributed by atoms with Crippen LogP contribution in [-0.4, -0.2) is 12.6 Å². The van der Waals surface area contributed by atoms with Crippen LogP contribution in [0.15, 0.2) is 41.3 Å². The zero-order valence-corrected chi connectivity index (χ0v) is 13.3. The van der Waals surface area contributed by atoms with E-state index in [9.17, 15) is 9.90 Å². The third-order valence-corrected chi connectivity index (χ3v) is 3.72. The van der Waals surface area contributed by atoms with Crippen LogP contribution in [0.5, 0.6) is 11.5 Å². The number of carbonyl (C=O) groups excluding carboxylic acids is 1. The zero-order chi connectivity index (χ0) is 16.7. The maximum Gasteiger partial charge on any atom is 0.161 e. The van der Waals surface area contributed by atoms with Crippen molar-refractivity contribution in [2.24, 2.45) is 0 Å². The first-order chi connectivity index (χ1) is 11.1. The van der Waals surface area contributed by atoms with Crippen molar-refractivity contribution in [1.82, 2.24) is 0 Å². The van der Waals surface area contributed by atoms with Crippen LogP contribution in [0.25, 0.3) is 6.08 Å². The second-order valence-corrected chi connectivity index (χ2v) is 5.50. The number of hydrogen-bond acceptors (Lipinski definition) is 6. The van der Waals surface area contributed by atoms with Crippen molar-refractivity contribution in [3.8, 4) is 17.6 Å². The summed E-state index contributed by atoms with van der Waals surface area (Å²) in [6, 6.07) is 10.5. The molecule has 0 N–H and O–H groups in total. The molecule has 0 aliphatic rings. The van der Waals surface area contributed by atoms with Crippen LogP contribution >= 0.6 is 11.3 Å². The van der Waals surface area contributed by atoms with E-state index < -0.39 is 11.5 Å². The summed E-state index contributed by atoms with van der Waals surface area (Å²) in [5.74, 6) is -0.457. The molecule has 0 fully saturated rings. The minimum Gasteiger partial charge on any atom is -0.544 e. The first-order valence-corrected chi connectivity index (χ1v) is 7.77. The number of benzene rings is 1. The fourth-order valence-electron chi connectivity index (χ4n) is 1.85. The minimum atomic E-state index is -1.51. The van der Waals surface area contributed by atoms with Crippen molar-refractivity contribution in [3.05, 3.63) is 51.7 Å². The molecule has 5 nitrogen and oxygen atoms in total. The van der Waals surface area contributed by atoms with Crippen LogP contribution in [0.2, 0.25) is 0 Å². The van der Waals surface area contributed by atoms with E-state index in [2.05, 4.69) is 0 Å². The molecule has 0 spiro atoms. The van der Waals surface area contributed by atoms with Gasteiger partial charge in [-0.1, -0.05) is 12.1 Å². The van der Waals surface area contributed by atoms with Gasteiger partial charge in [0.2, 0.25) is 0 Å². The molecular weight excluding hydrogens is 314 g/mol. The summed E-state index contributed by atoms with van der Waals surface area (Å²) in [5, 5.41) is 21.5. The maximum absolute atomic E-state index is 10.8. The van der Waals surface area contributed by atoms with Gasteiger partial charge < -0.3 is 19.4 Å². The molecule has 2 rings (SSSR count). The predicted molar refractivity (Wildman–Crippen MR) is 84.9 cm³/mol. The van der Waals surface area contributed by atoms with E-state index in [4.69, 9.17) is 14.7 Å².